The van der Waals surface area contributed by atoms with Gasteiger partial charge in [-0.3, -0.25) is 4.79 Å². The van der Waals surface area contributed by atoms with Crippen molar-refractivity contribution in [2.24, 2.45) is 0 Å². The van der Waals surface area contributed by atoms with E-state index >= 15 is 0 Å². The molecule has 2 aliphatic heterocycles. The fraction of sp³-hybridized carbons (Fsp3) is 0.500. The average Bonchev–Trinajstić information content (AvgIpc) is 2.59. The minimum Gasteiger partial charge on any atom is -0.366 e. The summed E-state index contributed by atoms with van der Waals surface area (Å²) in [5.41, 5.74) is 2.04. The fourth-order valence-corrected chi connectivity index (χ4v) is 3.30. The number of carbonyl (C=O) groups excluding carboxylic acids is 1. The minimum absolute atomic E-state index is 0.723. The molecule has 2 heteroatoms. The topological polar surface area (TPSA) is 20.3 Å². The molecule has 0 aliphatic carbocycles. The summed E-state index contributed by atoms with van der Waals surface area (Å²) in [6.45, 7) is 0. The first-order valence-electron chi connectivity index (χ1n) is 6.22. The highest BCUT2D eigenvalue weighted by molar-refractivity contribution is 5.77. The molecule has 0 spiro atoms. The van der Waals surface area contributed by atoms with Crippen LogP contribution in [0.2, 0.25) is 0 Å². The van der Waals surface area contributed by atoms with Crippen molar-refractivity contribution in [1.29, 1.82) is 0 Å². The average molecular weight is 215 g/mol. The molecule has 16 heavy (non-hydrogen) atoms. The van der Waals surface area contributed by atoms with Crippen molar-refractivity contribution in [1.82, 2.24) is 0 Å². The molecule has 0 amide bonds. The van der Waals surface area contributed by atoms with E-state index < -0.39 is 0 Å². The zero-order valence-electron chi connectivity index (χ0n) is 9.43. The van der Waals surface area contributed by atoms with Gasteiger partial charge < -0.3 is 4.90 Å². The third-order valence-electron chi connectivity index (χ3n) is 4.00. The van der Waals surface area contributed by atoms with Crippen LogP contribution < -0.4 is 4.90 Å². The van der Waals surface area contributed by atoms with Crippen LogP contribution in [0.4, 0.5) is 5.69 Å². The number of nitrogens with zero attached hydrogens (tertiary/aromatic N) is 1. The number of hydrogen-bond acceptors (Lipinski definition) is 2. The number of anilines is 1. The lowest BCUT2D eigenvalue weighted by Crippen LogP contribution is -2.39. The molecule has 2 unspecified atom stereocenters. The van der Waals surface area contributed by atoms with Gasteiger partial charge in [0.1, 0.15) is 6.29 Å². The van der Waals surface area contributed by atoms with Gasteiger partial charge in [0.2, 0.25) is 0 Å². The van der Waals surface area contributed by atoms with Crippen LogP contribution >= 0.6 is 0 Å². The maximum Gasteiger partial charge on any atom is 0.150 e. The second-order valence-electron chi connectivity index (χ2n) is 4.94. The second-order valence-corrected chi connectivity index (χ2v) is 4.94. The number of benzene rings is 1. The van der Waals surface area contributed by atoms with Crippen LogP contribution in [0, 0.1) is 0 Å². The Balaban J connectivity index is 1.93. The summed E-state index contributed by atoms with van der Waals surface area (Å²) in [5.74, 6) is 0. The van der Waals surface area contributed by atoms with Crippen LogP contribution in [0.15, 0.2) is 24.3 Å². The number of carbonyl (C=O) groups is 1. The lowest BCUT2D eigenvalue weighted by molar-refractivity contribution is 0.112. The van der Waals surface area contributed by atoms with Gasteiger partial charge in [0.15, 0.2) is 0 Å². The standard InChI is InChI=1S/C14H17NO/c16-10-11-3-1-6-14(9-11)15-12-4-2-5-13(15)8-7-12/h1,3,6,9-10,12-13H,2,4-5,7-8H2. The Hall–Kier alpha value is -1.31. The third kappa shape index (κ3) is 1.53. The lowest BCUT2D eigenvalue weighted by atomic mass is 10.0. The summed E-state index contributed by atoms with van der Waals surface area (Å²) >= 11 is 0. The Kier molecular flexibility index (Phi) is 2.43. The molecule has 0 radical (unpaired) electrons. The van der Waals surface area contributed by atoms with E-state index in [1.54, 1.807) is 0 Å². The lowest BCUT2D eigenvalue weighted by Gasteiger charge is -2.36. The molecule has 2 saturated heterocycles. The van der Waals surface area contributed by atoms with E-state index in [1.165, 1.54) is 37.8 Å². The first-order valence-corrected chi connectivity index (χ1v) is 6.22. The van der Waals surface area contributed by atoms with Gasteiger partial charge >= 0.3 is 0 Å². The Morgan fingerprint density at radius 1 is 1.12 bits per heavy atom. The molecule has 2 aliphatic rings. The Labute approximate surface area is 96.3 Å². The van der Waals surface area contributed by atoms with Gasteiger partial charge in [-0.25, -0.2) is 0 Å². The van der Waals surface area contributed by atoms with Gasteiger partial charge in [-0.1, -0.05) is 12.1 Å². The van der Waals surface area contributed by atoms with Gasteiger partial charge in [-0.2, -0.15) is 0 Å². The maximum atomic E-state index is 10.8. The van der Waals surface area contributed by atoms with E-state index in [9.17, 15) is 4.79 Å². The van der Waals surface area contributed by atoms with Gasteiger partial charge in [0, 0.05) is 23.3 Å². The summed E-state index contributed by atoms with van der Waals surface area (Å²) in [6, 6.07) is 9.49. The summed E-state index contributed by atoms with van der Waals surface area (Å²) in [4.78, 5) is 13.4. The number of fused-ring (bicyclic) bond motifs is 2. The van der Waals surface area contributed by atoms with Crippen LogP contribution in [0.3, 0.4) is 0 Å². The molecule has 0 N–H and O–H groups in total. The smallest absolute Gasteiger partial charge is 0.150 e. The van der Waals surface area contributed by atoms with E-state index in [0.717, 1.165) is 23.9 Å². The normalized spacial score (nSPS) is 28.1. The highest BCUT2D eigenvalue weighted by atomic mass is 16.1. The summed E-state index contributed by atoms with van der Waals surface area (Å²) in [5, 5.41) is 0. The first-order chi connectivity index (χ1) is 7.88. The quantitative estimate of drug-likeness (QED) is 0.707. The largest absolute Gasteiger partial charge is 0.366 e. The van der Waals surface area contributed by atoms with Gasteiger partial charge in [-0.05, 0) is 44.2 Å². The van der Waals surface area contributed by atoms with Crippen LogP contribution in [-0.4, -0.2) is 18.4 Å². The van der Waals surface area contributed by atoms with Gasteiger partial charge in [-0.15, -0.1) is 0 Å². The zero-order valence-corrected chi connectivity index (χ0v) is 9.43. The number of rotatable bonds is 2. The molecule has 2 heterocycles. The molecule has 1 aromatic carbocycles. The molecule has 0 saturated carbocycles. The van der Waals surface area contributed by atoms with Crippen LogP contribution in [0.5, 0.6) is 0 Å². The van der Waals surface area contributed by atoms with Crippen molar-refractivity contribution in [2.45, 2.75) is 44.2 Å². The van der Waals surface area contributed by atoms with Crippen LogP contribution in [-0.2, 0) is 0 Å². The predicted octanol–water partition coefficient (Wildman–Crippen LogP) is 3.02. The molecule has 0 aromatic heterocycles. The number of aldehydes is 1. The molecular weight excluding hydrogens is 198 g/mol. The zero-order chi connectivity index (χ0) is 11.0. The summed E-state index contributed by atoms with van der Waals surface area (Å²) < 4.78 is 0. The highest BCUT2D eigenvalue weighted by Gasteiger charge is 2.36. The van der Waals surface area contributed by atoms with Crippen molar-refractivity contribution in [3.8, 4) is 0 Å². The molecular formula is C14H17NO. The van der Waals surface area contributed by atoms with Gasteiger partial charge in [0.05, 0.1) is 0 Å². The fourth-order valence-electron chi connectivity index (χ4n) is 3.30. The first kappa shape index (κ1) is 9.88. The SMILES string of the molecule is O=Cc1cccc(N2C3CCCC2CC3)c1. The van der Waals surface area contributed by atoms with E-state index in [1.807, 2.05) is 18.2 Å². The predicted molar refractivity (Wildman–Crippen MR) is 65.0 cm³/mol. The maximum absolute atomic E-state index is 10.8. The minimum atomic E-state index is 0.723. The van der Waals surface area contributed by atoms with Crippen molar-refractivity contribution in [3.63, 3.8) is 0 Å². The summed E-state index contributed by atoms with van der Waals surface area (Å²) in [6.07, 6.45) is 7.62. The van der Waals surface area contributed by atoms with E-state index in [2.05, 4.69) is 11.0 Å². The number of hydrogen-bond donors (Lipinski definition) is 0. The van der Waals surface area contributed by atoms with Crippen molar-refractivity contribution in [2.75, 3.05) is 4.90 Å². The molecule has 2 atom stereocenters. The third-order valence-corrected chi connectivity index (χ3v) is 4.00. The Bertz CT molecular complexity index is 385. The monoisotopic (exact) mass is 215 g/mol. The Morgan fingerprint density at radius 2 is 1.88 bits per heavy atom. The molecule has 2 bridgehead atoms. The molecule has 84 valence electrons. The molecule has 1 aromatic rings. The molecule has 3 rings (SSSR count). The van der Waals surface area contributed by atoms with E-state index in [-0.39, 0.29) is 0 Å². The van der Waals surface area contributed by atoms with E-state index in [0.29, 0.717) is 0 Å². The molecule has 2 fully saturated rings. The van der Waals surface area contributed by atoms with Gasteiger partial charge in [0.25, 0.3) is 0 Å². The van der Waals surface area contributed by atoms with Crippen molar-refractivity contribution in [3.05, 3.63) is 29.8 Å². The highest BCUT2D eigenvalue weighted by Crippen LogP contribution is 2.39. The van der Waals surface area contributed by atoms with Crippen LogP contribution in [0.25, 0.3) is 0 Å². The van der Waals surface area contributed by atoms with Crippen molar-refractivity contribution < 1.29 is 4.79 Å². The molecule has 2 nitrogen and oxygen atoms in total. The number of piperidine rings is 1. The summed E-state index contributed by atoms with van der Waals surface area (Å²) in [7, 11) is 0. The van der Waals surface area contributed by atoms with Crippen molar-refractivity contribution >= 4 is 12.0 Å². The van der Waals surface area contributed by atoms with E-state index in [4.69, 9.17) is 0 Å². The second kappa shape index (κ2) is 3.93. The Morgan fingerprint density at radius 3 is 2.56 bits per heavy atom. The van der Waals surface area contributed by atoms with Crippen LogP contribution in [0.1, 0.15) is 42.5 Å².